The van der Waals surface area contributed by atoms with Crippen LogP contribution >= 0.6 is 0 Å². The molecule has 0 aliphatic heterocycles. The monoisotopic (exact) mass is 279 g/mol. The summed E-state index contributed by atoms with van der Waals surface area (Å²) in [5.41, 5.74) is 1.26. The van der Waals surface area contributed by atoms with Crippen molar-refractivity contribution in [2.45, 2.75) is 46.1 Å². The van der Waals surface area contributed by atoms with Gasteiger partial charge in [-0.1, -0.05) is 25.1 Å². The van der Waals surface area contributed by atoms with Gasteiger partial charge < -0.3 is 14.8 Å². The van der Waals surface area contributed by atoms with Gasteiger partial charge in [0.05, 0.1) is 6.61 Å². The minimum Gasteiger partial charge on any atom is -0.494 e. The zero-order valence-electron chi connectivity index (χ0n) is 13.2. The summed E-state index contributed by atoms with van der Waals surface area (Å²) < 4.78 is 11.2. The molecule has 0 bridgehead atoms. The molecule has 0 amide bonds. The van der Waals surface area contributed by atoms with Crippen LogP contribution in [0.1, 0.15) is 51.6 Å². The van der Waals surface area contributed by atoms with Crippen LogP contribution in [-0.4, -0.2) is 26.4 Å². The molecule has 0 saturated heterocycles. The lowest BCUT2D eigenvalue weighted by molar-refractivity contribution is 0.140. The van der Waals surface area contributed by atoms with Gasteiger partial charge in [0.1, 0.15) is 5.75 Å². The molecule has 3 nitrogen and oxygen atoms in total. The average molecular weight is 279 g/mol. The van der Waals surface area contributed by atoms with Crippen molar-refractivity contribution in [1.82, 2.24) is 5.32 Å². The molecule has 0 heterocycles. The van der Waals surface area contributed by atoms with Crippen molar-refractivity contribution in [1.29, 1.82) is 0 Å². The van der Waals surface area contributed by atoms with E-state index in [1.807, 2.05) is 19.9 Å². The SMILES string of the molecule is CCCNC(CCCOCC)c1ccccc1OCC. The van der Waals surface area contributed by atoms with E-state index in [2.05, 4.69) is 30.4 Å². The van der Waals surface area contributed by atoms with Crippen molar-refractivity contribution < 1.29 is 9.47 Å². The van der Waals surface area contributed by atoms with Gasteiger partial charge in [0, 0.05) is 24.8 Å². The maximum absolute atomic E-state index is 5.75. The summed E-state index contributed by atoms with van der Waals surface area (Å²) in [7, 11) is 0. The molecular weight excluding hydrogens is 250 g/mol. The molecule has 20 heavy (non-hydrogen) atoms. The average Bonchev–Trinajstić information content (AvgIpc) is 2.48. The van der Waals surface area contributed by atoms with Gasteiger partial charge in [0.2, 0.25) is 0 Å². The van der Waals surface area contributed by atoms with E-state index in [-0.39, 0.29) is 0 Å². The zero-order valence-corrected chi connectivity index (χ0v) is 13.2. The van der Waals surface area contributed by atoms with Crippen LogP contribution in [0.5, 0.6) is 5.75 Å². The van der Waals surface area contributed by atoms with Crippen molar-refractivity contribution in [3.05, 3.63) is 29.8 Å². The van der Waals surface area contributed by atoms with E-state index in [1.165, 1.54) is 5.56 Å². The highest BCUT2D eigenvalue weighted by Crippen LogP contribution is 2.28. The van der Waals surface area contributed by atoms with E-state index in [1.54, 1.807) is 0 Å². The highest BCUT2D eigenvalue weighted by Gasteiger charge is 2.14. The fraction of sp³-hybridized carbons (Fsp3) is 0.647. The fourth-order valence-corrected chi connectivity index (χ4v) is 2.28. The van der Waals surface area contributed by atoms with Crippen LogP contribution in [0.3, 0.4) is 0 Å². The number of benzene rings is 1. The standard InChI is InChI=1S/C17H29NO2/c1-4-13-18-16(11-9-14-19-5-2)15-10-7-8-12-17(15)20-6-3/h7-8,10,12,16,18H,4-6,9,11,13-14H2,1-3H3. The summed E-state index contributed by atoms with van der Waals surface area (Å²) in [6.45, 7) is 9.62. The lowest BCUT2D eigenvalue weighted by Crippen LogP contribution is -2.23. The van der Waals surface area contributed by atoms with Crippen LogP contribution in [0.15, 0.2) is 24.3 Å². The highest BCUT2D eigenvalue weighted by molar-refractivity contribution is 5.36. The molecule has 0 aliphatic rings. The predicted octanol–water partition coefficient (Wildman–Crippen LogP) is 3.94. The number of nitrogens with one attached hydrogen (secondary N) is 1. The first-order valence-electron chi connectivity index (χ1n) is 7.86. The molecule has 3 heteroatoms. The van der Waals surface area contributed by atoms with E-state index in [0.29, 0.717) is 12.6 Å². The lowest BCUT2D eigenvalue weighted by atomic mass is 10.0. The Bertz CT molecular complexity index is 355. The maximum atomic E-state index is 5.75. The van der Waals surface area contributed by atoms with Gasteiger partial charge >= 0.3 is 0 Å². The van der Waals surface area contributed by atoms with Gasteiger partial charge in [0.15, 0.2) is 0 Å². The largest absolute Gasteiger partial charge is 0.494 e. The Morgan fingerprint density at radius 1 is 1.10 bits per heavy atom. The smallest absolute Gasteiger partial charge is 0.124 e. The van der Waals surface area contributed by atoms with Gasteiger partial charge in [-0.25, -0.2) is 0 Å². The van der Waals surface area contributed by atoms with Crippen molar-refractivity contribution in [3.63, 3.8) is 0 Å². The Labute approximate surface area is 123 Å². The number of ether oxygens (including phenoxy) is 2. The summed E-state index contributed by atoms with van der Waals surface area (Å²) in [6, 6.07) is 8.69. The number of para-hydroxylation sites is 1. The van der Waals surface area contributed by atoms with Gasteiger partial charge in [-0.2, -0.15) is 0 Å². The van der Waals surface area contributed by atoms with Gasteiger partial charge in [-0.3, -0.25) is 0 Å². The van der Waals surface area contributed by atoms with Gasteiger partial charge in [-0.15, -0.1) is 0 Å². The Morgan fingerprint density at radius 3 is 2.60 bits per heavy atom. The zero-order chi connectivity index (χ0) is 14.6. The quantitative estimate of drug-likeness (QED) is 0.622. The Morgan fingerprint density at radius 2 is 1.90 bits per heavy atom. The molecule has 0 aliphatic carbocycles. The Balaban J connectivity index is 2.70. The second-order valence-corrected chi connectivity index (χ2v) is 4.82. The molecule has 1 unspecified atom stereocenters. The van der Waals surface area contributed by atoms with E-state index in [9.17, 15) is 0 Å². The minimum atomic E-state index is 0.346. The van der Waals surface area contributed by atoms with E-state index < -0.39 is 0 Å². The number of rotatable bonds is 11. The molecule has 1 aromatic rings. The van der Waals surface area contributed by atoms with Crippen LogP contribution in [0.4, 0.5) is 0 Å². The molecule has 0 saturated carbocycles. The highest BCUT2D eigenvalue weighted by atomic mass is 16.5. The van der Waals surface area contributed by atoms with Crippen molar-refractivity contribution in [3.8, 4) is 5.75 Å². The third kappa shape index (κ3) is 5.93. The van der Waals surface area contributed by atoms with Crippen LogP contribution in [0.2, 0.25) is 0 Å². The van der Waals surface area contributed by atoms with E-state index >= 15 is 0 Å². The second-order valence-electron chi connectivity index (χ2n) is 4.82. The Kier molecular flexibility index (Phi) is 9.09. The first-order valence-corrected chi connectivity index (χ1v) is 7.86. The van der Waals surface area contributed by atoms with E-state index in [4.69, 9.17) is 9.47 Å². The Hall–Kier alpha value is -1.06. The summed E-state index contributed by atoms with van der Waals surface area (Å²) >= 11 is 0. The molecule has 0 aromatic heterocycles. The molecule has 0 spiro atoms. The maximum Gasteiger partial charge on any atom is 0.124 e. The van der Waals surface area contributed by atoms with Crippen LogP contribution in [0.25, 0.3) is 0 Å². The lowest BCUT2D eigenvalue weighted by Gasteiger charge is -2.21. The van der Waals surface area contributed by atoms with Gasteiger partial charge in [-0.05, 0) is 45.7 Å². The first-order chi connectivity index (χ1) is 9.83. The third-order valence-corrected chi connectivity index (χ3v) is 3.22. The van der Waals surface area contributed by atoms with Crippen LogP contribution < -0.4 is 10.1 Å². The summed E-state index contributed by atoms with van der Waals surface area (Å²) in [5, 5.41) is 3.63. The van der Waals surface area contributed by atoms with Crippen molar-refractivity contribution in [2.75, 3.05) is 26.4 Å². The minimum absolute atomic E-state index is 0.346. The molecule has 0 fully saturated rings. The molecule has 114 valence electrons. The second kappa shape index (κ2) is 10.7. The molecule has 1 atom stereocenters. The van der Waals surface area contributed by atoms with Crippen molar-refractivity contribution >= 4 is 0 Å². The summed E-state index contributed by atoms with van der Waals surface area (Å²) in [6.07, 6.45) is 3.28. The molecule has 1 rings (SSSR count). The first kappa shape index (κ1) is 17.0. The molecule has 1 aromatic carbocycles. The number of hydrogen-bond donors (Lipinski definition) is 1. The molecule has 0 radical (unpaired) electrons. The summed E-state index contributed by atoms with van der Waals surface area (Å²) in [5.74, 6) is 1.00. The molecular formula is C17H29NO2. The van der Waals surface area contributed by atoms with Crippen LogP contribution in [0, 0.1) is 0 Å². The van der Waals surface area contributed by atoms with Crippen LogP contribution in [-0.2, 0) is 4.74 Å². The fourth-order valence-electron chi connectivity index (χ4n) is 2.28. The van der Waals surface area contributed by atoms with Crippen molar-refractivity contribution in [2.24, 2.45) is 0 Å². The number of hydrogen-bond acceptors (Lipinski definition) is 3. The molecule has 1 N–H and O–H groups in total. The predicted molar refractivity (Wildman–Crippen MR) is 84.4 cm³/mol. The van der Waals surface area contributed by atoms with E-state index in [0.717, 1.165) is 44.8 Å². The third-order valence-electron chi connectivity index (χ3n) is 3.22. The van der Waals surface area contributed by atoms with Gasteiger partial charge in [0.25, 0.3) is 0 Å². The summed E-state index contributed by atoms with van der Waals surface area (Å²) in [4.78, 5) is 0. The topological polar surface area (TPSA) is 30.5 Å². The normalized spacial score (nSPS) is 12.3.